The van der Waals surface area contributed by atoms with Crippen LogP contribution >= 0.6 is 0 Å². The van der Waals surface area contributed by atoms with E-state index in [9.17, 15) is 4.79 Å². The largest absolute Gasteiger partial charge is 0.378 e. The fourth-order valence-corrected chi connectivity index (χ4v) is 3.07. The molecule has 17 heavy (non-hydrogen) atoms. The van der Waals surface area contributed by atoms with Gasteiger partial charge in [0.1, 0.15) is 0 Å². The van der Waals surface area contributed by atoms with Crippen LogP contribution in [0.1, 0.15) is 36.0 Å². The predicted molar refractivity (Wildman–Crippen MR) is 63.7 cm³/mol. The molecular weight excluding hydrogens is 216 g/mol. The first-order valence-corrected chi connectivity index (χ1v) is 6.40. The molecule has 1 amide bonds. The lowest BCUT2D eigenvalue weighted by Crippen LogP contribution is -2.45. The molecular formula is C13H18N2O2. The third-order valence-electron chi connectivity index (χ3n) is 3.96. The minimum absolute atomic E-state index is 0.0313. The first kappa shape index (κ1) is 10.8. The molecule has 1 aliphatic carbocycles. The summed E-state index contributed by atoms with van der Waals surface area (Å²) >= 11 is 0. The summed E-state index contributed by atoms with van der Waals surface area (Å²) in [6.07, 6.45) is 8.36. The number of carbonyl (C=O) groups is 1. The van der Waals surface area contributed by atoms with E-state index in [1.165, 1.54) is 0 Å². The van der Waals surface area contributed by atoms with E-state index in [0.717, 1.165) is 32.3 Å². The third-order valence-corrected chi connectivity index (χ3v) is 3.96. The maximum atomic E-state index is 12.0. The molecule has 3 rings (SSSR count). The fourth-order valence-electron chi connectivity index (χ4n) is 3.07. The molecule has 3 unspecified atom stereocenters. The fraction of sp³-hybridized carbons (Fsp3) is 0.615. The van der Waals surface area contributed by atoms with Crippen molar-refractivity contribution in [2.75, 3.05) is 6.61 Å². The summed E-state index contributed by atoms with van der Waals surface area (Å²) < 4.78 is 5.70. The SMILES string of the molecule is O=C(NC1CCCC2OCCC12)c1cc[nH]c1. The summed E-state index contributed by atoms with van der Waals surface area (Å²) in [5, 5.41) is 3.15. The summed E-state index contributed by atoms with van der Waals surface area (Å²) in [5.41, 5.74) is 0.714. The van der Waals surface area contributed by atoms with Gasteiger partial charge >= 0.3 is 0 Å². The highest BCUT2D eigenvalue weighted by atomic mass is 16.5. The van der Waals surface area contributed by atoms with Crippen molar-refractivity contribution in [3.05, 3.63) is 24.0 Å². The van der Waals surface area contributed by atoms with E-state index in [1.54, 1.807) is 18.5 Å². The molecule has 1 aliphatic heterocycles. The Kier molecular flexibility index (Phi) is 2.89. The maximum absolute atomic E-state index is 12.0. The Balaban J connectivity index is 1.66. The van der Waals surface area contributed by atoms with Crippen molar-refractivity contribution in [1.29, 1.82) is 0 Å². The zero-order valence-corrected chi connectivity index (χ0v) is 9.82. The molecule has 1 saturated carbocycles. The standard InChI is InChI=1S/C13H18N2O2/c16-13(9-4-6-14-8-9)15-11-2-1-3-12-10(11)5-7-17-12/h4,6,8,10-12,14H,1-3,5,7H2,(H,15,16). The number of rotatable bonds is 2. The van der Waals surface area contributed by atoms with E-state index >= 15 is 0 Å². The van der Waals surface area contributed by atoms with Gasteiger partial charge in [0.2, 0.25) is 0 Å². The topological polar surface area (TPSA) is 54.1 Å². The van der Waals surface area contributed by atoms with Crippen LogP contribution in [0.5, 0.6) is 0 Å². The van der Waals surface area contributed by atoms with Gasteiger partial charge in [0, 0.05) is 31.0 Å². The highest BCUT2D eigenvalue weighted by Crippen LogP contribution is 2.34. The Hall–Kier alpha value is -1.29. The van der Waals surface area contributed by atoms with Gasteiger partial charge < -0.3 is 15.0 Å². The number of nitrogens with one attached hydrogen (secondary N) is 2. The number of aromatic nitrogens is 1. The van der Waals surface area contributed by atoms with Gasteiger partial charge in [-0.1, -0.05) is 0 Å². The van der Waals surface area contributed by atoms with Gasteiger partial charge in [0.15, 0.2) is 0 Å². The number of ether oxygens (including phenoxy) is 1. The van der Waals surface area contributed by atoms with Crippen molar-refractivity contribution in [3.63, 3.8) is 0 Å². The lowest BCUT2D eigenvalue weighted by atomic mass is 9.82. The zero-order valence-electron chi connectivity index (χ0n) is 9.82. The summed E-state index contributed by atoms with van der Waals surface area (Å²) in [5.74, 6) is 0.551. The molecule has 0 aromatic carbocycles. The van der Waals surface area contributed by atoms with Gasteiger partial charge in [0.25, 0.3) is 5.91 Å². The number of aromatic amines is 1. The first-order chi connectivity index (χ1) is 8.34. The predicted octanol–water partition coefficient (Wildman–Crippen LogP) is 1.70. The lowest BCUT2D eigenvalue weighted by Gasteiger charge is -2.33. The second-order valence-corrected chi connectivity index (χ2v) is 4.97. The second kappa shape index (κ2) is 4.53. The van der Waals surface area contributed by atoms with Crippen LogP contribution in [-0.2, 0) is 4.74 Å². The van der Waals surface area contributed by atoms with Crippen LogP contribution in [0.4, 0.5) is 0 Å². The molecule has 0 spiro atoms. The first-order valence-electron chi connectivity index (χ1n) is 6.40. The van der Waals surface area contributed by atoms with Crippen LogP contribution in [0.15, 0.2) is 18.5 Å². The molecule has 4 heteroatoms. The van der Waals surface area contributed by atoms with Crippen molar-refractivity contribution in [1.82, 2.24) is 10.3 Å². The molecule has 1 aromatic heterocycles. The Bertz CT molecular complexity index is 388. The molecule has 92 valence electrons. The van der Waals surface area contributed by atoms with Gasteiger partial charge in [-0.05, 0) is 31.7 Å². The highest BCUT2D eigenvalue weighted by molar-refractivity contribution is 5.94. The van der Waals surface area contributed by atoms with E-state index in [1.807, 2.05) is 0 Å². The third kappa shape index (κ3) is 2.09. The molecule has 1 aromatic rings. The zero-order chi connectivity index (χ0) is 11.7. The van der Waals surface area contributed by atoms with Crippen LogP contribution in [0.2, 0.25) is 0 Å². The molecule has 1 saturated heterocycles. The number of hydrogen-bond acceptors (Lipinski definition) is 2. The molecule has 3 atom stereocenters. The van der Waals surface area contributed by atoms with Crippen LogP contribution in [0, 0.1) is 5.92 Å². The Morgan fingerprint density at radius 3 is 3.18 bits per heavy atom. The summed E-state index contributed by atoms with van der Waals surface area (Å²) in [4.78, 5) is 14.9. The highest BCUT2D eigenvalue weighted by Gasteiger charge is 2.38. The second-order valence-electron chi connectivity index (χ2n) is 4.97. The minimum atomic E-state index is 0.0313. The summed E-state index contributed by atoms with van der Waals surface area (Å²) in [6.45, 7) is 0.853. The van der Waals surface area contributed by atoms with E-state index in [-0.39, 0.29) is 5.91 Å². The number of carbonyl (C=O) groups excluding carboxylic acids is 1. The van der Waals surface area contributed by atoms with Gasteiger partial charge in [-0.15, -0.1) is 0 Å². The van der Waals surface area contributed by atoms with Crippen molar-refractivity contribution in [2.45, 2.75) is 37.8 Å². The van der Waals surface area contributed by atoms with Crippen molar-refractivity contribution in [2.24, 2.45) is 5.92 Å². The average Bonchev–Trinajstić information content (AvgIpc) is 3.00. The van der Waals surface area contributed by atoms with Crippen LogP contribution in [-0.4, -0.2) is 29.6 Å². The molecule has 0 radical (unpaired) electrons. The molecule has 2 heterocycles. The number of fused-ring (bicyclic) bond motifs is 1. The Labute approximate surface area is 101 Å². The quantitative estimate of drug-likeness (QED) is 0.818. The molecule has 4 nitrogen and oxygen atoms in total. The van der Waals surface area contributed by atoms with E-state index in [2.05, 4.69) is 10.3 Å². The monoisotopic (exact) mass is 234 g/mol. The van der Waals surface area contributed by atoms with Crippen molar-refractivity contribution < 1.29 is 9.53 Å². The van der Waals surface area contributed by atoms with Crippen molar-refractivity contribution in [3.8, 4) is 0 Å². The van der Waals surface area contributed by atoms with E-state index in [0.29, 0.717) is 23.6 Å². The van der Waals surface area contributed by atoms with Gasteiger partial charge in [0.05, 0.1) is 11.7 Å². The Morgan fingerprint density at radius 2 is 2.35 bits per heavy atom. The number of H-pyrrole nitrogens is 1. The Morgan fingerprint density at radius 1 is 1.41 bits per heavy atom. The van der Waals surface area contributed by atoms with Crippen molar-refractivity contribution >= 4 is 5.91 Å². The van der Waals surface area contributed by atoms with Gasteiger partial charge in [-0.3, -0.25) is 4.79 Å². The molecule has 2 aliphatic rings. The molecule has 2 N–H and O–H groups in total. The minimum Gasteiger partial charge on any atom is -0.378 e. The summed E-state index contributed by atoms with van der Waals surface area (Å²) in [7, 11) is 0. The van der Waals surface area contributed by atoms with Crippen LogP contribution < -0.4 is 5.32 Å². The average molecular weight is 234 g/mol. The van der Waals surface area contributed by atoms with E-state index < -0.39 is 0 Å². The van der Waals surface area contributed by atoms with Crippen LogP contribution in [0.25, 0.3) is 0 Å². The number of amides is 1. The normalized spacial score (nSPS) is 32.1. The molecule has 2 fully saturated rings. The van der Waals surface area contributed by atoms with E-state index in [4.69, 9.17) is 4.74 Å². The number of hydrogen-bond donors (Lipinski definition) is 2. The smallest absolute Gasteiger partial charge is 0.253 e. The maximum Gasteiger partial charge on any atom is 0.253 e. The van der Waals surface area contributed by atoms with Gasteiger partial charge in [-0.2, -0.15) is 0 Å². The summed E-state index contributed by atoms with van der Waals surface area (Å²) in [6, 6.07) is 2.10. The van der Waals surface area contributed by atoms with Gasteiger partial charge in [-0.25, -0.2) is 0 Å². The lowest BCUT2D eigenvalue weighted by molar-refractivity contribution is 0.0510. The van der Waals surface area contributed by atoms with Crippen LogP contribution in [0.3, 0.4) is 0 Å². The molecule has 0 bridgehead atoms.